The molecule has 12 rings (SSSR count). The Morgan fingerprint density at radius 1 is 0.262 bits per heavy atom. The van der Waals surface area contributed by atoms with Crippen LogP contribution in [0.3, 0.4) is 0 Å². The molecule has 0 radical (unpaired) electrons. The molecule has 0 unspecified atom stereocenters. The van der Waals surface area contributed by atoms with E-state index in [4.69, 9.17) is 8.83 Å². The van der Waals surface area contributed by atoms with Crippen molar-refractivity contribution in [2.75, 3.05) is 4.90 Å². The number of hydrogen-bond donors (Lipinski definition) is 0. The van der Waals surface area contributed by atoms with Gasteiger partial charge in [0.25, 0.3) is 0 Å². The smallest absolute Gasteiger partial charge is 0.143 e. The van der Waals surface area contributed by atoms with Crippen LogP contribution >= 0.6 is 0 Å². The van der Waals surface area contributed by atoms with Crippen LogP contribution in [-0.2, 0) is 0 Å². The van der Waals surface area contributed by atoms with E-state index in [1.165, 1.54) is 0 Å². The molecule has 0 bridgehead atoms. The molecule has 61 heavy (non-hydrogen) atoms. The van der Waals surface area contributed by atoms with Gasteiger partial charge in [-0.3, -0.25) is 0 Å². The van der Waals surface area contributed by atoms with Crippen molar-refractivity contribution in [1.82, 2.24) is 0 Å². The molecule has 0 fully saturated rings. The van der Waals surface area contributed by atoms with E-state index in [-0.39, 0.29) is 0 Å². The first-order valence-corrected chi connectivity index (χ1v) is 20.8. The minimum Gasteiger partial charge on any atom is -0.455 e. The first-order valence-electron chi connectivity index (χ1n) is 20.8. The summed E-state index contributed by atoms with van der Waals surface area (Å²) in [7, 11) is 0. The highest BCUT2D eigenvalue weighted by Crippen LogP contribution is 2.48. The van der Waals surface area contributed by atoms with E-state index < -0.39 is 0 Å². The van der Waals surface area contributed by atoms with Crippen molar-refractivity contribution in [2.24, 2.45) is 0 Å². The number of furan rings is 2. The first kappa shape index (κ1) is 34.9. The summed E-state index contributed by atoms with van der Waals surface area (Å²) < 4.78 is 13.9. The van der Waals surface area contributed by atoms with Gasteiger partial charge < -0.3 is 13.7 Å². The monoisotopic (exact) mass is 779 g/mol. The SMILES string of the molecule is c1ccc(-c2ccccc2N(c2cccc(-c3cccc4c3oc3c(-c5ccccc5)cccc34)c2)c2ccccc2-c2cccc3c2oc2c4ccccc4ccc32)cc1. The quantitative estimate of drug-likeness (QED) is 0.161. The Kier molecular flexibility index (Phi) is 8.17. The molecule has 0 saturated carbocycles. The van der Waals surface area contributed by atoms with Crippen LogP contribution in [0, 0.1) is 0 Å². The molecule has 3 nitrogen and oxygen atoms in total. The van der Waals surface area contributed by atoms with Gasteiger partial charge in [-0.25, -0.2) is 0 Å². The third-order valence-corrected chi connectivity index (χ3v) is 12.1. The normalized spacial score (nSPS) is 11.6. The molecule has 12 aromatic rings. The number of benzene rings is 10. The van der Waals surface area contributed by atoms with Gasteiger partial charge in [-0.2, -0.15) is 0 Å². The fourth-order valence-electron chi connectivity index (χ4n) is 9.28. The molecule has 0 amide bonds. The van der Waals surface area contributed by atoms with Crippen LogP contribution in [0.4, 0.5) is 17.1 Å². The van der Waals surface area contributed by atoms with Crippen LogP contribution < -0.4 is 4.90 Å². The third-order valence-electron chi connectivity index (χ3n) is 12.1. The molecule has 0 aliphatic rings. The summed E-state index contributed by atoms with van der Waals surface area (Å²) in [4.78, 5) is 2.41. The van der Waals surface area contributed by atoms with E-state index in [0.717, 1.165) is 116 Å². The van der Waals surface area contributed by atoms with Crippen molar-refractivity contribution >= 4 is 71.7 Å². The Bertz CT molecular complexity index is 3600. The van der Waals surface area contributed by atoms with E-state index in [1.54, 1.807) is 0 Å². The molecule has 3 heteroatoms. The van der Waals surface area contributed by atoms with Crippen LogP contribution in [0.5, 0.6) is 0 Å². The maximum atomic E-state index is 6.94. The maximum Gasteiger partial charge on any atom is 0.143 e. The number of fused-ring (bicyclic) bond motifs is 8. The summed E-state index contributed by atoms with van der Waals surface area (Å²) in [6.45, 7) is 0. The largest absolute Gasteiger partial charge is 0.455 e. The van der Waals surface area contributed by atoms with Crippen LogP contribution in [0.1, 0.15) is 0 Å². The summed E-state index contributed by atoms with van der Waals surface area (Å²) in [6, 6.07) is 79.7. The molecule has 2 aromatic heterocycles. The molecule has 0 atom stereocenters. The van der Waals surface area contributed by atoms with Crippen LogP contribution in [0.15, 0.2) is 233 Å². The zero-order valence-corrected chi connectivity index (χ0v) is 33.1. The molecular weight excluding hydrogens is 743 g/mol. The average Bonchev–Trinajstić information content (AvgIpc) is 3.92. The first-order chi connectivity index (χ1) is 30.3. The molecule has 0 aliphatic heterocycles. The van der Waals surface area contributed by atoms with Crippen LogP contribution in [-0.4, -0.2) is 0 Å². The summed E-state index contributed by atoms with van der Waals surface area (Å²) in [5.41, 5.74) is 15.4. The Labute approximate surface area is 353 Å². The van der Waals surface area contributed by atoms with E-state index >= 15 is 0 Å². The second kappa shape index (κ2) is 14.3. The number of hydrogen-bond acceptors (Lipinski definition) is 3. The van der Waals surface area contributed by atoms with Gasteiger partial charge in [-0.1, -0.05) is 194 Å². The number of para-hydroxylation sites is 5. The predicted molar refractivity (Wildman–Crippen MR) is 255 cm³/mol. The maximum absolute atomic E-state index is 6.94. The Hall–Kier alpha value is -8.14. The molecule has 0 saturated heterocycles. The van der Waals surface area contributed by atoms with Gasteiger partial charge >= 0.3 is 0 Å². The molecule has 2 heterocycles. The van der Waals surface area contributed by atoms with E-state index in [1.807, 2.05) is 6.07 Å². The van der Waals surface area contributed by atoms with Crippen LogP contribution in [0.2, 0.25) is 0 Å². The van der Waals surface area contributed by atoms with Gasteiger partial charge in [0.2, 0.25) is 0 Å². The summed E-state index contributed by atoms with van der Waals surface area (Å²) in [5.74, 6) is 0. The zero-order chi connectivity index (χ0) is 40.3. The Morgan fingerprint density at radius 2 is 0.705 bits per heavy atom. The second-order valence-corrected chi connectivity index (χ2v) is 15.6. The van der Waals surface area contributed by atoms with Crippen molar-refractivity contribution in [3.63, 3.8) is 0 Å². The average molecular weight is 780 g/mol. The number of anilines is 3. The molecule has 0 aliphatic carbocycles. The van der Waals surface area contributed by atoms with Crippen molar-refractivity contribution in [1.29, 1.82) is 0 Å². The molecule has 0 N–H and O–H groups in total. The lowest BCUT2D eigenvalue weighted by atomic mass is 9.96. The number of rotatable bonds is 7. The highest BCUT2D eigenvalue weighted by molar-refractivity contribution is 6.18. The fraction of sp³-hybridized carbons (Fsp3) is 0. The zero-order valence-electron chi connectivity index (χ0n) is 33.1. The lowest BCUT2D eigenvalue weighted by Gasteiger charge is -2.30. The fourth-order valence-corrected chi connectivity index (χ4v) is 9.28. The molecule has 286 valence electrons. The van der Waals surface area contributed by atoms with Crippen molar-refractivity contribution < 1.29 is 8.83 Å². The van der Waals surface area contributed by atoms with E-state index in [9.17, 15) is 0 Å². The highest BCUT2D eigenvalue weighted by atomic mass is 16.3. The molecular formula is C58H37NO2. The van der Waals surface area contributed by atoms with Crippen LogP contribution in [0.25, 0.3) is 99.2 Å². The summed E-state index contributed by atoms with van der Waals surface area (Å²) in [6.07, 6.45) is 0. The third kappa shape index (κ3) is 5.74. The van der Waals surface area contributed by atoms with Crippen molar-refractivity contribution in [2.45, 2.75) is 0 Å². The highest BCUT2D eigenvalue weighted by Gasteiger charge is 2.24. The van der Waals surface area contributed by atoms with Crippen molar-refractivity contribution in [3.05, 3.63) is 224 Å². The minimum atomic E-state index is 0.873. The van der Waals surface area contributed by atoms with Gasteiger partial charge in [0.15, 0.2) is 0 Å². The standard InChI is InChI=1S/C58H37NO2/c1-3-17-38(18-4-1)43-24-9-11-33-53(43)59(54-34-12-10-26-47(54)48-29-16-32-51-52-36-35-40-21-7-8-25-44(40)56(52)61-58(48)51)42-23-13-22-41(37-42)46-28-15-31-50-49-30-14-27-45(55(49)60-57(46)50)39-19-5-2-6-20-39/h1-37H. The minimum absolute atomic E-state index is 0.873. The second-order valence-electron chi connectivity index (χ2n) is 15.6. The van der Waals surface area contributed by atoms with Gasteiger partial charge in [-0.05, 0) is 52.4 Å². The van der Waals surface area contributed by atoms with E-state index in [0.29, 0.717) is 0 Å². The molecule has 0 spiro atoms. The van der Waals surface area contributed by atoms with Gasteiger partial charge in [0.05, 0.1) is 11.4 Å². The summed E-state index contributed by atoms with van der Waals surface area (Å²) >= 11 is 0. The lowest BCUT2D eigenvalue weighted by Crippen LogP contribution is -2.12. The van der Waals surface area contributed by atoms with Gasteiger partial charge in [0.1, 0.15) is 22.3 Å². The summed E-state index contributed by atoms with van der Waals surface area (Å²) in [5, 5.41) is 6.69. The van der Waals surface area contributed by atoms with Gasteiger partial charge in [-0.15, -0.1) is 0 Å². The Morgan fingerprint density at radius 3 is 1.41 bits per heavy atom. The van der Waals surface area contributed by atoms with E-state index in [2.05, 4.69) is 223 Å². The predicted octanol–water partition coefficient (Wildman–Crippen LogP) is 16.8. The Balaban J connectivity index is 1.08. The number of nitrogens with zero attached hydrogens (tertiary/aromatic N) is 1. The topological polar surface area (TPSA) is 29.5 Å². The lowest BCUT2D eigenvalue weighted by molar-refractivity contribution is 0.671. The molecule has 10 aromatic carbocycles. The van der Waals surface area contributed by atoms with Crippen molar-refractivity contribution in [3.8, 4) is 44.5 Å². The van der Waals surface area contributed by atoms with Gasteiger partial charge in [0, 0.05) is 60.4 Å².